The first-order valence-corrected chi connectivity index (χ1v) is 6.23. The van der Waals surface area contributed by atoms with Crippen molar-refractivity contribution in [1.82, 2.24) is 10.2 Å². The molecule has 0 spiro atoms. The Hall–Kier alpha value is -1.59. The van der Waals surface area contributed by atoms with E-state index in [0.29, 0.717) is 19.4 Å². The van der Waals surface area contributed by atoms with Gasteiger partial charge in [0, 0.05) is 25.4 Å². The number of hydrogen-bond acceptors (Lipinski definition) is 3. The molecule has 1 rings (SSSR count). The van der Waals surface area contributed by atoms with Gasteiger partial charge in [0.1, 0.15) is 6.04 Å². The Kier molecular flexibility index (Phi) is 5.12. The summed E-state index contributed by atoms with van der Waals surface area (Å²) < 4.78 is 0. The van der Waals surface area contributed by atoms with Crippen LogP contribution in [0.5, 0.6) is 0 Å². The number of aliphatic carboxylic acids is 1. The van der Waals surface area contributed by atoms with E-state index in [1.165, 1.54) is 4.90 Å². The lowest BCUT2D eigenvalue weighted by atomic mass is 10.2. The van der Waals surface area contributed by atoms with Crippen molar-refractivity contribution < 1.29 is 19.5 Å². The Morgan fingerprint density at radius 3 is 2.56 bits per heavy atom. The molecule has 0 aliphatic carbocycles. The molecule has 0 aromatic rings. The number of likely N-dealkylation sites (tertiary alicyclic amines) is 1. The van der Waals surface area contributed by atoms with Gasteiger partial charge in [0.2, 0.25) is 11.8 Å². The highest BCUT2D eigenvalue weighted by molar-refractivity contribution is 5.87. The molecule has 1 atom stereocenters. The molecular weight excluding hydrogens is 236 g/mol. The van der Waals surface area contributed by atoms with E-state index >= 15 is 0 Å². The van der Waals surface area contributed by atoms with Crippen molar-refractivity contribution in [1.29, 1.82) is 0 Å². The van der Waals surface area contributed by atoms with E-state index in [9.17, 15) is 14.4 Å². The van der Waals surface area contributed by atoms with Gasteiger partial charge in [-0.2, -0.15) is 0 Å². The molecule has 18 heavy (non-hydrogen) atoms. The lowest BCUT2D eigenvalue weighted by molar-refractivity contribution is -0.148. The predicted molar refractivity (Wildman–Crippen MR) is 64.9 cm³/mol. The summed E-state index contributed by atoms with van der Waals surface area (Å²) >= 11 is 0. The summed E-state index contributed by atoms with van der Waals surface area (Å²) in [7, 11) is 0. The second-order valence-corrected chi connectivity index (χ2v) is 4.81. The van der Waals surface area contributed by atoms with Crippen LogP contribution in [0.4, 0.5) is 0 Å². The first-order chi connectivity index (χ1) is 8.41. The molecule has 0 saturated carbocycles. The molecule has 1 saturated heterocycles. The summed E-state index contributed by atoms with van der Waals surface area (Å²) in [5.41, 5.74) is 0. The number of carboxylic acid groups (broad SMARTS) is 1. The zero-order valence-electron chi connectivity index (χ0n) is 10.8. The zero-order valence-corrected chi connectivity index (χ0v) is 10.8. The van der Waals surface area contributed by atoms with Gasteiger partial charge in [-0.15, -0.1) is 0 Å². The van der Waals surface area contributed by atoms with Crippen molar-refractivity contribution in [2.24, 2.45) is 0 Å². The fourth-order valence-corrected chi connectivity index (χ4v) is 2.08. The minimum absolute atomic E-state index is 0.0474. The lowest BCUT2D eigenvalue weighted by Crippen LogP contribution is -2.41. The third-order valence-corrected chi connectivity index (χ3v) is 2.87. The van der Waals surface area contributed by atoms with Gasteiger partial charge < -0.3 is 15.3 Å². The Bertz CT molecular complexity index is 341. The van der Waals surface area contributed by atoms with Crippen molar-refractivity contribution in [3.63, 3.8) is 0 Å². The van der Waals surface area contributed by atoms with Crippen molar-refractivity contribution in [2.75, 3.05) is 6.54 Å². The highest BCUT2D eigenvalue weighted by Gasteiger charge is 2.33. The summed E-state index contributed by atoms with van der Waals surface area (Å²) in [5, 5.41) is 11.7. The van der Waals surface area contributed by atoms with Crippen LogP contribution in [0.3, 0.4) is 0 Å². The van der Waals surface area contributed by atoms with Gasteiger partial charge in [0.05, 0.1) is 0 Å². The van der Waals surface area contributed by atoms with Gasteiger partial charge in [-0.3, -0.25) is 9.59 Å². The maximum Gasteiger partial charge on any atom is 0.326 e. The maximum atomic E-state index is 11.8. The molecule has 1 aliphatic rings. The molecule has 0 aromatic carbocycles. The van der Waals surface area contributed by atoms with Crippen molar-refractivity contribution in [2.45, 2.75) is 51.6 Å². The van der Waals surface area contributed by atoms with Crippen LogP contribution in [-0.4, -0.2) is 46.4 Å². The topological polar surface area (TPSA) is 86.7 Å². The van der Waals surface area contributed by atoms with E-state index < -0.39 is 12.0 Å². The highest BCUT2D eigenvalue weighted by Crippen LogP contribution is 2.18. The van der Waals surface area contributed by atoms with Crippen molar-refractivity contribution in [3.05, 3.63) is 0 Å². The Morgan fingerprint density at radius 1 is 1.33 bits per heavy atom. The van der Waals surface area contributed by atoms with Gasteiger partial charge in [0.15, 0.2) is 0 Å². The van der Waals surface area contributed by atoms with Crippen LogP contribution >= 0.6 is 0 Å². The number of nitrogens with one attached hydrogen (secondary N) is 1. The molecule has 6 heteroatoms. The first-order valence-electron chi connectivity index (χ1n) is 6.23. The minimum Gasteiger partial charge on any atom is -0.480 e. The first kappa shape index (κ1) is 14.5. The largest absolute Gasteiger partial charge is 0.480 e. The van der Waals surface area contributed by atoms with Gasteiger partial charge in [-0.1, -0.05) is 0 Å². The van der Waals surface area contributed by atoms with E-state index in [4.69, 9.17) is 5.11 Å². The number of carboxylic acids is 1. The third-order valence-electron chi connectivity index (χ3n) is 2.87. The summed E-state index contributed by atoms with van der Waals surface area (Å²) in [6.07, 6.45) is 1.39. The normalized spacial score (nSPS) is 19.1. The smallest absolute Gasteiger partial charge is 0.326 e. The van der Waals surface area contributed by atoms with Gasteiger partial charge >= 0.3 is 5.97 Å². The molecule has 2 N–H and O–H groups in total. The fraction of sp³-hybridized carbons (Fsp3) is 0.750. The second-order valence-electron chi connectivity index (χ2n) is 4.81. The van der Waals surface area contributed by atoms with Gasteiger partial charge in [-0.05, 0) is 26.7 Å². The van der Waals surface area contributed by atoms with Crippen molar-refractivity contribution in [3.8, 4) is 0 Å². The number of carbonyl (C=O) groups excluding carboxylic acids is 2. The van der Waals surface area contributed by atoms with E-state index in [1.54, 1.807) is 0 Å². The molecule has 0 radical (unpaired) electrons. The van der Waals surface area contributed by atoms with Crippen LogP contribution in [0.1, 0.15) is 39.5 Å². The summed E-state index contributed by atoms with van der Waals surface area (Å²) in [5.74, 6) is -1.39. The molecule has 6 nitrogen and oxygen atoms in total. The number of rotatable bonds is 5. The third kappa shape index (κ3) is 4.01. The Morgan fingerprint density at radius 2 is 2.00 bits per heavy atom. The maximum absolute atomic E-state index is 11.8. The van der Waals surface area contributed by atoms with Crippen LogP contribution in [0.2, 0.25) is 0 Å². The number of carbonyl (C=O) groups is 3. The van der Waals surface area contributed by atoms with E-state index in [0.717, 1.165) is 0 Å². The molecular formula is C12H20N2O4. The lowest BCUT2D eigenvalue weighted by Gasteiger charge is -2.21. The number of nitrogens with zero attached hydrogens (tertiary/aromatic N) is 1. The number of amides is 2. The summed E-state index contributed by atoms with van der Waals surface area (Å²) in [6, 6.07) is -0.670. The molecule has 102 valence electrons. The fourth-order valence-electron chi connectivity index (χ4n) is 2.08. The molecule has 1 fully saturated rings. The number of hydrogen-bond donors (Lipinski definition) is 2. The predicted octanol–water partition coefficient (Wildman–Crippen LogP) is 0.367. The van der Waals surface area contributed by atoms with Crippen LogP contribution in [-0.2, 0) is 14.4 Å². The molecule has 1 heterocycles. The second kappa shape index (κ2) is 6.37. The molecule has 0 aromatic heterocycles. The Labute approximate surface area is 106 Å². The van der Waals surface area contributed by atoms with E-state index in [1.807, 2.05) is 13.8 Å². The van der Waals surface area contributed by atoms with Crippen LogP contribution in [0, 0.1) is 0 Å². The minimum atomic E-state index is -0.965. The molecule has 2 amide bonds. The monoisotopic (exact) mass is 256 g/mol. The standard InChI is InChI=1S/C12H20N2O4/c1-8(2)13-10(15)5-6-11(16)14-7-3-4-9(14)12(17)18/h8-9H,3-7H2,1-2H3,(H,13,15)(H,17,18). The Balaban J connectivity index is 2.41. The van der Waals surface area contributed by atoms with Crippen LogP contribution in [0.15, 0.2) is 0 Å². The van der Waals surface area contributed by atoms with Crippen LogP contribution in [0.25, 0.3) is 0 Å². The molecule has 1 aliphatic heterocycles. The SMILES string of the molecule is CC(C)NC(=O)CCC(=O)N1CCCC1C(=O)O. The van der Waals surface area contributed by atoms with Gasteiger partial charge in [-0.25, -0.2) is 4.79 Å². The summed E-state index contributed by atoms with van der Waals surface area (Å²) in [6.45, 7) is 4.17. The van der Waals surface area contributed by atoms with Gasteiger partial charge in [0.25, 0.3) is 0 Å². The molecule has 0 bridgehead atoms. The average molecular weight is 256 g/mol. The summed E-state index contributed by atoms with van der Waals surface area (Å²) in [4.78, 5) is 35.5. The van der Waals surface area contributed by atoms with Crippen LogP contribution < -0.4 is 5.32 Å². The average Bonchev–Trinajstić information content (AvgIpc) is 2.73. The highest BCUT2D eigenvalue weighted by atomic mass is 16.4. The molecule has 1 unspecified atom stereocenters. The quantitative estimate of drug-likeness (QED) is 0.744. The van der Waals surface area contributed by atoms with Crippen molar-refractivity contribution >= 4 is 17.8 Å². The van der Waals surface area contributed by atoms with E-state index in [2.05, 4.69) is 5.32 Å². The zero-order chi connectivity index (χ0) is 13.7. The van der Waals surface area contributed by atoms with E-state index in [-0.39, 0.29) is 30.7 Å².